The Morgan fingerprint density at radius 3 is 1.73 bits per heavy atom. The molecule has 0 atom stereocenters. The highest BCUT2D eigenvalue weighted by molar-refractivity contribution is 5.96. The molecule has 0 aliphatic heterocycles. The molecular formula is C35H28N2. The third kappa shape index (κ3) is 4.57. The van der Waals surface area contributed by atoms with Gasteiger partial charge in [-0.25, -0.2) is 0 Å². The molecule has 2 heteroatoms. The Balaban J connectivity index is 1.39. The molecule has 0 unspecified atom stereocenters. The third-order valence-electron chi connectivity index (χ3n) is 6.85. The van der Waals surface area contributed by atoms with E-state index in [1.54, 1.807) is 0 Å². The zero-order valence-electron chi connectivity index (χ0n) is 20.8. The molecule has 0 fully saturated rings. The van der Waals surface area contributed by atoms with Crippen LogP contribution in [0.2, 0.25) is 0 Å². The molecule has 0 N–H and O–H groups in total. The van der Waals surface area contributed by atoms with Gasteiger partial charge in [0.25, 0.3) is 0 Å². The number of hydrogen-bond donors (Lipinski definition) is 0. The van der Waals surface area contributed by atoms with Crippen molar-refractivity contribution in [2.75, 3.05) is 16.8 Å². The standard InChI is InChI=1S/C35H28N2/c1-36(35-21-11-15-28-14-8-9-20-34(28)35)30-22-24-32(25-23-30)37(31-17-6-3-7-18-31)33-19-10-16-29(26-33)27-12-4-2-5-13-27/h2-26H,1H3. The molecule has 6 rings (SSSR count). The van der Waals surface area contributed by atoms with Crippen LogP contribution in [0.4, 0.5) is 28.4 Å². The van der Waals surface area contributed by atoms with E-state index in [1.165, 1.54) is 27.6 Å². The summed E-state index contributed by atoms with van der Waals surface area (Å²) in [5, 5.41) is 2.50. The predicted molar refractivity (Wildman–Crippen MR) is 159 cm³/mol. The van der Waals surface area contributed by atoms with Gasteiger partial charge in [-0.2, -0.15) is 0 Å². The maximum absolute atomic E-state index is 2.31. The number of para-hydroxylation sites is 1. The molecule has 0 saturated heterocycles. The zero-order valence-corrected chi connectivity index (χ0v) is 20.8. The summed E-state index contributed by atoms with van der Waals surface area (Å²) >= 11 is 0. The molecule has 178 valence electrons. The number of fused-ring (bicyclic) bond motifs is 1. The first kappa shape index (κ1) is 22.6. The van der Waals surface area contributed by atoms with Gasteiger partial charge in [0, 0.05) is 40.9 Å². The number of nitrogens with zero attached hydrogens (tertiary/aromatic N) is 2. The lowest BCUT2D eigenvalue weighted by atomic mass is 10.0. The van der Waals surface area contributed by atoms with Crippen molar-refractivity contribution in [1.82, 2.24) is 0 Å². The molecule has 6 aromatic rings. The van der Waals surface area contributed by atoms with Gasteiger partial charge in [0.05, 0.1) is 0 Å². The van der Waals surface area contributed by atoms with Crippen molar-refractivity contribution in [1.29, 1.82) is 0 Å². The minimum Gasteiger partial charge on any atom is -0.344 e. The van der Waals surface area contributed by atoms with E-state index >= 15 is 0 Å². The first-order valence-electron chi connectivity index (χ1n) is 12.6. The van der Waals surface area contributed by atoms with Crippen LogP contribution in [0.15, 0.2) is 152 Å². The van der Waals surface area contributed by atoms with E-state index in [1.807, 2.05) is 0 Å². The molecule has 0 aromatic heterocycles. The number of hydrogen-bond acceptors (Lipinski definition) is 2. The van der Waals surface area contributed by atoms with E-state index < -0.39 is 0 Å². The molecule has 0 bridgehead atoms. The monoisotopic (exact) mass is 476 g/mol. The van der Waals surface area contributed by atoms with Crippen LogP contribution in [0.5, 0.6) is 0 Å². The summed E-state index contributed by atoms with van der Waals surface area (Å²) in [5.74, 6) is 0. The summed E-state index contributed by atoms with van der Waals surface area (Å²) in [7, 11) is 2.13. The second kappa shape index (κ2) is 10.0. The maximum Gasteiger partial charge on any atom is 0.0487 e. The van der Waals surface area contributed by atoms with Crippen molar-refractivity contribution < 1.29 is 0 Å². The SMILES string of the molecule is CN(c1ccc(N(c2ccccc2)c2cccc(-c3ccccc3)c2)cc1)c1cccc2ccccc12. The highest BCUT2D eigenvalue weighted by Crippen LogP contribution is 2.38. The van der Waals surface area contributed by atoms with Crippen LogP contribution in [0, 0.1) is 0 Å². The molecule has 2 nitrogen and oxygen atoms in total. The molecule has 0 saturated carbocycles. The van der Waals surface area contributed by atoms with E-state index in [9.17, 15) is 0 Å². The van der Waals surface area contributed by atoms with Crippen molar-refractivity contribution in [2.24, 2.45) is 0 Å². The summed E-state index contributed by atoms with van der Waals surface area (Å²) < 4.78 is 0. The number of anilines is 5. The lowest BCUT2D eigenvalue weighted by molar-refractivity contribution is 1.21. The molecule has 0 amide bonds. The van der Waals surface area contributed by atoms with Gasteiger partial charge in [-0.3, -0.25) is 0 Å². The average molecular weight is 477 g/mol. The lowest BCUT2D eigenvalue weighted by Crippen LogP contribution is -2.12. The zero-order chi connectivity index (χ0) is 25.0. The second-order valence-corrected chi connectivity index (χ2v) is 9.16. The van der Waals surface area contributed by atoms with Gasteiger partial charge in [0.1, 0.15) is 0 Å². The van der Waals surface area contributed by atoms with Gasteiger partial charge in [0.15, 0.2) is 0 Å². The Labute approximate surface area is 218 Å². The summed E-state index contributed by atoms with van der Waals surface area (Å²) in [6.45, 7) is 0. The Hall–Kier alpha value is -4.82. The Kier molecular flexibility index (Phi) is 6.14. The van der Waals surface area contributed by atoms with E-state index in [4.69, 9.17) is 0 Å². The molecule has 0 radical (unpaired) electrons. The maximum atomic E-state index is 2.31. The fraction of sp³-hybridized carbons (Fsp3) is 0.0286. The van der Waals surface area contributed by atoms with Gasteiger partial charge in [-0.05, 0) is 71.1 Å². The Bertz CT molecular complexity index is 1620. The van der Waals surface area contributed by atoms with Gasteiger partial charge < -0.3 is 9.80 Å². The van der Waals surface area contributed by atoms with Crippen LogP contribution in [-0.2, 0) is 0 Å². The number of rotatable bonds is 6. The minimum atomic E-state index is 1.12. The molecule has 0 aliphatic carbocycles. The van der Waals surface area contributed by atoms with Gasteiger partial charge in [-0.15, -0.1) is 0 Å². The molecule has 0 heterocycles. The Morgan fingerprint density at radius 2 is 0.946 bits per heavy atom. The summed E-state index contributed by atoms with van der Waals surface area (Å²) in [6.07, 6.45) is 0. The van der Waals surface area contributed by atoms with Gasteiger partial charge in [-0.1, -0.05) is 97.1 Å². The van der Waals surface area contributed by atoms with Crippen LogP contribution >= 0.6 is 0 Å². The summed E-state index contributed by atoms with van der Waals surface area (Å²) in [4.78, 5) is 4.57. The van der Waals surface area contributed by atoms with Crippen molar-refractivity contribution in [3.05, 3.63) is 152 Å². The molecule has 0 spiro atoms. The smallest absolute Gasteiger partial charge is 0.0487 e. The van der Waals surface area contributed by atoms with Gasteiger partial charge in [0.2, 0.25) is 0 Å². The molecule has 37 heavy (non-hydrogen) atoms. The summed E-state index contributed by atoms with van der Waals surface area (Å²) in [5.41, 5.74) is 8.13. The fourth-order valence-corrected chi connectivity index (χ4v) is 4.94. The first-order valence-corrected chi connectivity index (χ1v) is 12.6. The second-order valence-electron chi connectivity index (χ2n) is 9.16. The van der Waals surface area contributed by atoms with Crippen LogP contribution in [0.25, 0.3) is 21.9 Å². The normalized spacial score (nSPS) is 10.8. The lowest BCUT2D eigenvalue weighted by Gasteiger charge is -2.27. The van der Waals surface area contributed by atoms with Crippen LogP contribution < -0.4 is 9.80 Å². The van der Waals surface area contributed by atoms with E-state index in [-0.39, 0.29) is 0 Å². The van der Waals surface area contributed by atoms with Crippen LogP contribution in [0.3, 0.4) is 0 Å². The molecule has 6 aromatic carbocycles. The summed E-state index contributed by atoms with van der Waals surface area (Å²) in [6, 6.07) is 53.7. The molecule has 0 aliphatic rings. The molecular weight excluding hydrogens is 448 g/mol. The largest absolute Gasteiger partial charge is 0.344 e. The highest BCUT2D eigenvalue weighted by atomic mass is 15.1. The predicted octanol–water partition coefficient (Wildman–Crippen LogP) is 9.74. The van der Waals surface area contributed by atoms with E-state index in [2.05, 4.69) is 169 Å². The van der Waals surface area contributed by atoms with Crippen LogP contribution in [-0.4, -0.2) is 7.05 Å². The topological polar surface area (TPSA) is 6.48 Å². The van der Waals surface area contributed by atoms with E-state index in [0.29, 0.717) is 0 Å². The van der Waals surface area contributed by atoms with Crippen molar-refractivity contribution >= 4 is 39.2 Å². The van der Waals surface area contributed by atoms with Crippen molar-refractivity contribution in [3.8, 4) is 11.1 Å². The first-order chi connectivity index (χ1) is 18.3. The average Bonchev–Trinajstić information content (AvgIpc) is 2.98. The third-order valence-corrected chi connectivity index (χ3v) is 6.85. The fourth-order valence-electron chi connectivity index (χ4n) is 4.94. The minimum absolute atomic E-state index is 1.12. The van der Waals surface area contributed by atoms with E-state index in [0.717, 1.165) is 22.7 Å². The quantitative estimate of drug-likeness (QED) is 0.236. The van der Waals surface area contributed by atoms with Gasteiger partial charge >= 0.3 is 0 Å². The highest BCUT2D eigenvalue weighted by Gasteiger charge is 2.14. The van der Waals surface area contributed by atoms with Crippen molar-refractivity contribution in [3.63, 3.8) is 0 Å². The Morgan fingerprint density at radius 1 is 0.405 bits per heavy atom. The number of benzene rings is 6. The van der Waals surface area contributed by atoms with Crippen LogP contribution in [0.1, 0.15) is 0 Å². The van der Waals surface area contributed by atoms with Crippen molar-refractivity contribution in [2.45, 2.75) is 0 Å².